The highest BCUT2D eigenvalue weighted by Gasteiger charge is 2.16. The van der Waals surface area contributed by atoms with Gasteiger partial charge in [0.1, 0.15) is 23.5 Å². The maximum atomic E-state index is 13.6. The SMILES string of the molecule is O=C(NCc1cc(-c2ccccc2)ncn1)c1c(F)cccc1F. The first kappa shape index (κ1) is 15.7. The lowest BCUT2D eigenvalue weighted by Gasteiger charge is -2.07. The van der Waals surface area contributed by atoms with E-state index in [0.717, 1.165) is 17.7 Å². The van der Waals surface area contributed by atoms with E-state index in [1.54, 1.807) is 6.07 Å². The fourth-order valence-corrected chi connectivity index (χ4v) is 2.24. The van der Waals surface area contributed by atoms with Gasteiger partial charge in [-0.3, -0.25) is 4.79 Å². The number of aromatic nitrogens is 2. The average Bonchev–Trinajstić information content (AvgIpc) is 2.61. The summed E-state index contributed by atoms with van der Waals surface area (Å²) < 4.78 is 27.2. The van der Waals surface area contributed by atoms with Gasteiger partial charge < -0.3 is 5.32 Å². The van der Waals surface area contributed by atoms with E-state index in [-0.39, 0.29) is 6.54 Å². The molecule has 0 radical (unpaired) electrons. The zero-order valence-electron chi connectivity index (χ0n) is 12.5. The number of amides is 1. The van der Waals surface area contributed by atoms with Gasteiger partial charge in [-0.2, -0.15) is 0 Å². The van der Waals surface area contributed by atoms with Gasteiger partial charge in [0.2, 0.25) is 0 Å². The van der Waals surface area contributed by atoms with Crippen molar-refractivity contribution in [1.29, 1.82) is 0 Å². The second kappa shape index (κ2) is 6.95. The molecule has 2 aromatic carbocycles. The van der Waals surface area contributed by atoms with Crippen molar-refractivity contribution in [3.63, 3.8) is 0 Å². The van der Waals surface area contributed by atoms with E-state index in [4.69, 9.17) is 0 Å². The van der Waals surface area contributed by atoms with Crippen LogP contribution in [-0.4, -0.2) is 15.9 Å². The summed E-state index contributed by atoms with van der Waals surface area (Å²) in [5.74, 6) is -2.63. The molecule has 0 aliphatic carbocycles. The maximum absolute atomic E-state index is 13.6. The van der Waals surface area contributed by atoms with Gasteiger partial charge in [-0.1, -0.05) is 36.4 Å². The summed E-state index contributed by atoms with van der Waals surface area (Å²) in [4.78, 5) is 20.2. The zero-order chi connectivity index (χ0) is 16.9. The molecule has 1 aromatic heterocycles. The van der Waals surface area contributed by atoms with Gasteiger partial charge in [-0.15, -0.1) is 0 Å². The molecule has 0 bridgehead atoms. The first-order valence-electron chi connectivity index (χ1n) is 7.23. The van der Waals surface area contributed by atoms with Crippen molar-refractivity contribution in [3.8, 4) is 11.3 Å². The second-order valence-electron chi connectivity index (χ2n) is 5.04. The van der Waals surface area contributed by atoms with Gasteiger partial charge in [0.05, 0.1) is 17.9 Å². The molecule has 0 fully saturated rings. The number of benzene rings is 2. The minimum atomic E-state index is -0.903. The average molecular weight is 325 g/mol. The molecular weight excluding hydrogens is 312 g/mol. The van der Waals surface area contributed by atoms with Crippen molar-refractivity contribution in [3.05, 3.63) is 83.8 Å². The van der Waals surface area contributed by atoms with Crippen LogP contribution in [0.4, 0.5) is 8.78 Å². The Morgan fingerprint density at radius 2 is 1.67 bits per heavy atom. The van der Waals surface area contributed by atoms with Crippen LogP contribution in [0.25, 0.3) is 11.3 Å². The minimum absolute atomic E-state index is 0.0367. The molecule has 24 heavy (non-hydrogen) atoms. The lowest BCUT2D eigenvalue weighted by molar-refractivity contribution is 0.0942. The van der Waals surface area contributed by atoms with Crippen LogP contribution in [0, 0.1) is 11.6 Å². The van der Waals surface area contributed by atoms with Gasteiger partial charge in [0.15, 0.2) is 0 Å². The number of nitrogens with one attached hydrogen (secondary N) is 1. The number of hydrogen-bond donors (Lipinski definition) is 1. The van der Waals surface area contributed by atoms with Crippen molar-refractivity contribution >= 4 is 5.91 Å². The molecule has 0 saturated heterocycles. The van der Waals surface area contributed by atoms with Gasteiger partial charge in [0, 0.05) is 5.56 Å². The van der Waals surface area contributed by atoms with E-state index in [9.17, 15) is 13.6 Å². The van der Waals surface area contributed by atoms with Crippen LogP contribution in [-0.2, 0) is 6.54 Å². The van der Waals surface area contributed by atoms with Crippen molar-refractivity contribution in [2.75, 3.05) is 0 Å². The van der Waals surface area contributed by atoms with Crippen LogP contribution in [0.5, 0.6) is 0 Å². The number of halogens is 2. The quantitative estimate of drug-likeness (QED) is 0.800. The van der Waals surface area contributed by atoms with Crippen molar-refractivity contribution in [2.45, 2.75) is 6.54 Å². The first-order valence-corrected chi connectivity index (χ1v) is 7.23. The number of nitrogens with zero attached hydrogens (tertiary/aromatic N) is 2. The second-order valence-corrected chi connectivity index (χ2v) is 5.04. The Morgan fingerprint density at radius 3 is 2.38 bits per heavy atom. The minimum Gasteiger partial charge on any atom is -0.346 e. The van der Waals surface area contributed by atoms with Gasteiger partial charge in [-0.05, 0) is 18.2 Å². The largest absolute Gasteiger partial charge is 0.346 e. The summed E-state index contributed by atoms with van der Waals surface area (Å²) >= 11 is 0. The molecular formula is C18H13F2N3O. The molecule has 3 rings (SSSR count). The van der Waals surface area contributed by atoms with E-state index >= 15 is 0 Å². The predicted molar refractivity (Wildman–Crippen MR) is 85.0 cm³/mol. The summed E-state index contributed by atoms with van der Waals surface area (Å²) in [6.07, 6.45) is 1.38. The molecule has 1 N–H and O–H groups in total. The summed E-state index contributed by atoms with van der Waals surface area (Å²) in [6.45, 7) is 0.0367. The molecule has 1 amide bonds. The van der Waals surface area contributed by atoms with Crippen LogP contribution < -0.4 is 5.32 Å². The number of carbonyl (C=O) groups excluding carboxylic acids is 1. The van der Waals surface area contributed by atoms with Crippen LogP contribution in [0.1, 0.15) is 16.1 Å². The third-order valence-electron chi connectivity index (χ3n) is 3.41. The number of carbonyl (C=O) groups is 1. The molecule has 0 aliphatic rings. The maximum Gasteiger partial charge on any atom is 0.257 e. The zero-order valence-corrected chi connectivity index (χ0v) is 12.5. The van der Waals surface area contributed by atoms with Crippen molar-refractivity contribution < 1.29 is 13.6 Å². The molecule has 4 nitrogen and oxygen atoms in total. The summed E-state index contributed by atoms with van der Waals surface area (Å²) in [5, 5.41) is 2.47. The molecule has 3 aromatic rings. The number of hydrogen-bond acceptors (Lipinski definition) is 3. The summed E-state index contributed by atoms with van der Waals surface area (Å²) in [6, 6.07) is 14.5. The standard InChI is InChI=1S/C18H13F2N3O/c19-14-7-4-8-15(20)17(14)18(24)21-10-13-9-16(23-11-22-13)12-5-2-1-3-6-12/h1-9,11H,10H2,(H,21,24). The lowest BCUT2D eigenvalue weighted by atomic mass is 10.1. The lowest BCUT2D eigenvalue weighted by Crippen LogP contribution is -2.25. The molecule has 1 heterocycles. The van der Waals surface area contributed by atoms with E-state index in [1.165, 1.54) is 12.4 Å². The molecule has 0 atom stereocenters. The monoisotopic (exact) mass is 325 g/mol. The van der Waals surface area contributed by atoms with E-state index < -0.39 is 23.1 Å². The van der Waals surface area contributed by atoms with Crippen LogP contribution in [0.2, 0.25) is 0 Å². The predicted octanol–water partition coefficient (Wildman–Crippen LogP) is 3.35. The van der Waals surface area contributed by atoms with Gasteiger partial charge >= 0.3 is 0 Å². The summed E-state index contributed by atoms with van der Waals surface area (Å²) in [5.41, 5.74) is 1.54. The third-order valence-corrected chi connectivity index (χ3v) is 3.41. The molecule has 0 unspecified atom stereocenters. The summed E-state index contributed by atoms with van der Waals surface area (Å²) in [7, 11) is 0. The Bertz CT molecular complexity index is 849. The Morgan fingerprint density at radius 1 is 0.958 bits per heavy atom. The smallest absolute Gasteiger partial charge is 0.257 e. The van der Waals surface area contributed by atoms with Gasteiger partial charge in [0.25, 0.3) is 5.91 Å². The highest BCUT2D eigenvalue weighted by Crippen LogP contribution is 2.16. The first-order chi connectivity index (χ1) is 11.6. The van der Waals surface area contributed by atoms with E-state index in [1.807, 2.05) is 30.3 Å². The number of rotatable bonds is 4. The Balaban J connectivity index is 1.75. The molecule has 6 heteroatoms. The highest BCUT2D eigenvalue weighted by atomic mass is 19.1. The molecule has 0 spiro atoms. The van der Waals surface area contributed by atoms with E-state index in [2.05, 4.69) is 15.3 Å². The molecule has 0 saturated carbocycles. The fourth-order valence-electron chi connectivity index (χ4n) is 2.24. The fraction of sp³-hybridized carbons (Fsp3) is 0.0556. The van der Waals surface area contributed by atoms with Crippen LogP contribution >= 0.6 is 0 Å². The van der Waals surface area contributed by atoms with Gasteiger partial charge in [-0.25, -0.2) is 18.7 Å². The molecule has 0 aliphatic heterocycles. The molecule has 120 valence electrons. The Kier molecular flexibility index (Phi) is 4.56. The Hall–Kier alpha value is -3.15. The van der Waals surface area contributed by atoms with Crippen LogP contribution in [0.3, 0.4) is 0 Å². The highest BCUT2D eigenvalue weighted by molar-refractivity contribution is 5.94. The topological polar surface area (TPSA) is 54.9 Å². The van der Waals surface area contributed by atoms with Crippen LogP contribution in [0.15, 0.2) is 60.9 Å². The Labute approximate surface area is 137 Å². The third kappa shape index (κ3) is 3.43. The van der Waals surface area contributed by atoms with Crippen molar-refractivity contribution in [2.24, 2.45) is 0 Å². The normalized spacial score (nSPS) is 10.4. The van der Waals surface area contributed by atoms with Crippen molar-refractivity contribution in [1.82, 2.24) is 15.3 Å². The van der Waals surface area contributed by atoms with E-state index in [0.29, 0.717) is 11.4 Å².